The van der Waals surface area contributed by atoms with Gasteiger partial charge in [0.15, 0.2) is 0 Å². The number of carbonyl (C=O) groups excluding carboxylic acids is 1. The standard InChI is InChI=1S/C19H20N4O2S/c1-13-3-4-14(2)16(11-13)12-21-17(24)7-10-26-19-23-22-18(25-19)15-5-8-20-9-6-15/h3-6,8-9,11H,7,10,12H2,1-2H3,(H,21,24). The summed E-state index contributed by atoms with van der Waals surface area (Å²) in [6, 6.07) is 9.86. The van der Waals surface area contributed by atoms with Gasteiger partial charge in [-0.25, -0.2) is 0 Å². The Kier molecular flexibility index (Phi) is 6.01. The van der Waals surface area contributed by atoms with Crippen LogP contribution in [0.15, 0.2) is 52.4 Å². The third-order valence-corrected chi connectivity index (χ3v) is 4.69. The molecule has 0 spiro atoms. The Morgan fingerprint density at radius 3 is 2.77 bits per heavy atom. The summed E-state index contributed by atoms with van der Waals surface area (Å²) >= 11 is 1.37. The van der Waals surface area contributed by atoms with Gasteiger partial charge in [-0.1, -0.05) is 35.5 Å². The number of nitrogens with zero attached hydrogens (tertiary/aromatic N) is 3. The predicted molar refractivity (Wildman–Crippen MR) is 101 cm³/mol. The van der Waals surface area contributed by atoms with Gasteiger partial charge < -0.3 is 9.73 Å². The number of benzene rings is 1. The number of amides is 1. The monoisotopic (exact) mass is 368 g/mol. The number of hydrogen-bond acceptors (Lipinski definition) is 6. The summed E-state index contributed by atoms with van der Waals surface area (Å²) in [7, 11) is 0. The molecule has 134 valence electrons. The highest BCUT2D eigenvalue weighted by Gasteiger charge is 2.10. The van der Waals surface area contributed by atoms with Crippen molar-refractivity contribution in [2.24, 2.45) is 0 Å². The normalized spacial score (nSPS) is 10.7. The summed E-state index contributed by atoms with van der Waals surface area (Å²) in [5.41, 5.74) is 4.34. The SMILES string of the molecule is Cc1ccc(C)c(CNC(=O)CCSc2nnc(-c3ccncc3)o2)c1. The van der Waals surface area contributed by atoms with Crippen molar-refractivity contribution in [3.63, 3.8) is 0 Å². The van der Waals surface area contributed by atoms with Crippen molar-refractivity contribution in [3.05, 3.63) is 59.4 Å². The topological polar surface area (TPSA) is 80.9 Å². The van der Waals surface area contributed by atoms with Gasteiger partial charge in [0.1, 0.15) is 0 Å². The van der Waals surface area contributed by atoms with Gasteiger partial charge in [-0.2, -0.15) is 0 Å². The molecule has 3 rings (SSSR count). The second-order valence-corrected chi connectivity index (χ2v) is 6.96. The van der Waals surface area contributed by atoms with Crippen molar-refractivity contribution < 1.29 is 9.21 Å². The second kappa shape index (κ2) is 8.62. The summed E-state index contributed by atoms with van der Waals surface area (Å²) < 4.78 is 5.59. The van der Waals surface area contributed by atoms with Crippen LogP contribution in [0.2, 0.25) is 0 Å². The molecule has 1 amide bonds. The zero-order valence-electron chi connectivity index (χ0n) is 14.7. The maximum atomic E-state index is 12.0. The van der Waals surface area contributed by atoms with Gasteiger partial charge in [0.25, 0.3) is 5.22 Å². The van der Waals surface area contributed by atoms with E-state index < -0.39 is 0 Å². The summed E-state index contributed by atoms with van der Waals surface area (Å²) in [6.45, 7) is 4.64. The molecule has 2 aromatic heterocycles. The quantitative estimate of drug-likeness (QED) is 0.643. The molecule has 1 aromatic carbocycles. The summed E-state index contributed by atoms with van der Waals surface area (Å²) in [6.07, 6.45) is 3.74. The minimum Gasteiger partial charge on any atom is -0.411 e. The van der Waals surface area contributed by atoms with E-state index in [-0.39, 0.29) is 5.91 Å². The van der Waals surface area contributed by atoms with Crippen molar-refractivity contribution in [1.29, 1.82) is 0 Å². The first-order valence-corrected chi connectivity index (χ1v) is 9.30. The lowest BCUT2D eigenvalue weighted by Crippen LogP contribution is -2.23. The van der Waals surface area contributed by atoms with Gasteiger partial charge in [0.2, 0.25) is 11.8 Å². The lowest BCUT2D eigenvalue weighted by atomic mass is 10.1. The molecule has 0 saturated carbocycles. The average molecular weight is 368 g/mol. The fourth-order valence-corrected chi connectivity index (χ4v) is 3.08. The Hall–Kier alpha value is -2.67. The smallest absolute Gasteiger partial charge is 0.276 e. The molecule has 0 saturated heterocycles. The Balaban J connectivity index is 1.44. The van der Waals surface area contributed by atoms with E-state index in [9.17, 15) is 4.79 Å². The Morgan fingerprint density at radius 1 is 1.15 bits per heavy atom. The van der Waals surface area contributed by atoms with Gasteiger partial charge >= 0.3 is 0 Å². The van der Waals surface area contributed by atoms with Crippen molar-refractivity contribution in [1.82, 2.24) is 20.5 Å². The highest BCUT2D eigenvalue weighted by atomic mass is 32.2. The number of hydrogen-bond donors (Lipinski definition) is 1. The molecule has 0 aliphatic rings. The summed E-state index contributed by atoms with van der Waals surface area (Å²) in [5, 5.41) is 11.4. The summed E-state index contributed by atoms with van der Waals surface area (Å²) in [4.78, 5) is 16.0. The first-order valence-electron chi connectivity index (χ1n) is 8.31. The minimum absolute atomic E-state index is 0.00674. The molecule has 26 heavy (non-hydrogen) atoms. The fraction of sp³-hybridized carbons (Fsp3) is 0.263. The van der Waals surface area contributed by atoms with Crippen molar-refractivity contribution in [2.75, 3.05) is 5.75 Å². The van der Waals surface area contributed by atoms with E-state index in [1.807, 2.05) is 26.0 Å². The van der Waals surface area contributed by atoms with Gasteiger partial charge in [0, 0.05) is 36.7 Å². The highest BCUT2D eigenvalue weighted by Crippen LogP contribution is 2.22. The molecule has 0 radical (unpaired) electrons. The van der Waals surface area contributed by atoms with E-state index in [1.54, 1.807) is 12.4 Å². The van der Waals surface area contributed by atoms with Crippen LogP contribution >= 0.6 is 11.8 Å². The predicted octanol–water partition coefficient (Wildman–Crippen LogP) is 3.55. The van der Waals surface area contributed by atoms with E-state index in [0.717, 1.165) is 11.1 Å². The first kappa shape index (κ1) is 18.1. The molecule has 0 aliphatic carbocycles. The molecular formula is C19H20N4O2S. The van der Waals surface area contributed by atoms with Gasteiger partial charge in [-0.05, 0) is 37.1 Å². The van der Waals surface area contributed by atoms with Crippen LogP contribution in [0.5, 0.6) is 0 Å². The molecule has 2 heterocycles. The second-order valence-electron chi connectivity index (χ2n) is 5.91. The van der Waals surface area contributed by atoms with Crippen LogP contribution in [0.4, 0.5) is 0 Å². The number of aromatic nitrogens is 3. The van der Waals surface area contributed by atoms with Crippen LogP contribution in [0.1, 0.15) is 23.1 Å². The van der Waals surface area contributed by atoms with Crippen molar-refractivity contribution >= 4 is 17.7 Å². The molecule has 1 N–H and O–H groups in total. The number of carbonyl (C=O) groups is 1. The molecular weight excluding hydrogens is 348 g/mol. The first-order chi connectivity index (χ1) is 12.6. The number of pyridine rings is 1. The van der Waals surface area contributed by atoms with Crippen LogP contribution in [0.3, 0.4) is 0 Å². The molecule has 0 aliphatic heterocycles. The summed E-state index contributed by atoms with van der Waals surface area (Å²) in [5.74, 6) is 1.04. The zero-order valence-corrected chi connectivity index (χ0v) is 15.5. The van der Waals surface area contributed by atoms with Gasteiger partial charge in [-0.15, -0.1) is 10.2 Å². The van der Waals surface area contributed by atoms with E-state index in [2.05, 4.69) is 38.7 Å². The van der Waals surface area contributed by atoms with Crippen LogP contribution < -0.4 is 5.32 Å². The maximum Gasteiger partial charge on any atom is 0.276 e. The third kappa shape index (κ3) is 4.92. The van der Waals surface area contributed by atoms with Crippen molar-refractivity contribution in [3.8, 4) is 11.5 Å². The molecule has 0 fully saturated rings. The molecule has 0 atom stereocenters. The van der Waals surface area contributed by atoms with Crippen LogP contribution in [-0.2, 0) is 11.3 Å². The van der Waals surface area contributed by atoms with Crippen molar-refractivity contribution in [2.45, 2.75) is 32.0 Å². The number of thioether (sulfide) groups is 1. The van der Waals surface area contributed by atoms with E-state index in [1.165, 1.54) is 22.9 Å². The van der Waals surface area contributed by atoms with Gasteiger partial charge in [-0.3, -0.25) is 9.78 Å². The molecule has 0 unspecified atom stereocenters. The fourth-order valence-electron chi connectivity index (χ4n) is 2.38. The lowest BCUT2D eigenvalue weighted by Gasteiger charge is -2.08. The van der Waals surface area contributed by atoms with Crippen LogP contribution in [0, 0.1) is 13.8 Å². The lowest BCUT2D eigenvalue weighted by molar-refractivity contribution is -0.120. The molecule has 6 nitrogen and oxygen atoms in total. The maximum absolute atomic E-state index is 12.0. The van der Waals surface area contributed by atoms with E-state index in [0.29, 0.717) is 29.8 Å². The Morgan fingerprint density at radius 2 is 1.96 bits per heavy atom. The number of rotatable bonds is 7. The largest absolute Gasteiger partial charge is 0.411 e. The molecule has 0 bridgehead atoms. The van der Waals surface area contributed by atoms with E-state index in [4.69, 9.17) is 4.42 Å². The minimum atomic E-state index is 0.00674. The third-order valence-electron chi connectivity index (χ3n) is 3.87. The average Bonchev–Trinajstić information content (AvgIpc) is 3.12. The molecule has 3 aromatic rings. The van der Waals surface area contributed by atoms with Crippen LogP contribution in [0.25, 0.3) is 11.5 Å². The Labute approximate surface area is 156 Å². The number of nitrogens with one attached hydrogen (secondary N) is 1. The zero-order chi connectivity index (χ0) is 18.4. The Bertz CT molecular complexity index is 880. The molecule has 7 heteroatoms. The highest BCUT2D eigenvalue weighted by molar-refractivity contribution is 7.99. The van der Waals surface area contributed by atoms with Gasteiger partial charge in [0.05, 0.1) is 0 Å². The van der Waals surface area contributed by atoms with E-state index >= 15 is 0 Å². The number of aryl methyl sites for hydroxylation is 2. The van der Waals surface area contributed by atoms with Crippen LogP contribution in [-0.4, -0.2) is 26.8 Å².